The smallest absolute Gasteiger partial charge is 0.0692 e. The van der Waals surface area contributed by atoms with Crippen molar-refractivity contribution in [2.24, 2.45) is 34.5 Å². The van der Waals surface area contributed by atoms with Crippen LogP contribution >= 0.6 is 0 Å². The third-order valence-electron chi connectivity index (χ3n) is 8.15. The van der Waals surface area contributed by atoms with Crippen molar-refractivity contribution in [1.29, 1.82) is 5.26 Å². The molecule has 1 nitrogen and oxygen atoms in total. The molecular formula is C19H29N. The average molecular weight is 271 g/mol. The van der Waals surface area contributed by atoms with Crippen LogP contribution in [0, 0.1) is 45.8 Å². The molecular weight excluding hydrogens is 242 g/mol. The minimum absolute atomic E-state index is 0.0963. The molecule has 0 aliphatic heterocycles. The molecule has 0 aromatic heterocycles. The predicted molar refractivity (Wildman–Crippen MR) is 80.9 cm³/mol. The van der Waals surface area contributed by atoms with Gasteiger partial charge in [0, 0.05) is 0 Å². The zero-order valence-electron chi connectivity index (χ0n) is 13.0. The molecule has 4 aliphatic carbocycles. The molecule has 0 amide bonds. The summed E-state index contributed by atoms with van der Waals surface area (Å²) in [6.07, 6.45) is 15.3. The van der Waals surface area contributed by atoms with E-state index in [4.69, 9.17) is 0 Å². The minimum Gasteiger partial charge on any atom is -0.198 e. The third kappa shape index (κ3) is 1.60. The monoisotopic (exact) mass is 271 g/mol. The Morgan fingerprint density at radius 1 is 0.850 bits per heavy atom. The summed E-state index contributed by atoms with van der Waals surface area (Å²) in [7, 11) is 0. The van der Waals surface area contributed by atoms with Gasteiger partial charge in [-0.25, -0.2) is 0 Å². The summed E-state index contributed by atoms with van der Waals surface area (Å²) in [5, 5.41) is 9.79. The number of nitriles is 1. The molecule has 4 fully saturated rings. The summed E-state index contributed by atoms with van der Waals surface area (Å²) >= 11 is 0. The van der Waals surface area contributed by atoms with Crippen LogP contribution in [0.3, 0.4) is 0 Å². The first-order valence-electron chi connectivity index (χ1n) is 9.11. The highest BCUT2D eigenvalue weighted by Crippen LogP contribution is 2.66. The van der Waals surface area contributed by atoms with Crippen molar-refractivity contribution in [1.82, 2.24) is 0 Å². The molecule has 0 bridgehead atoms. The van der Waals surface area contributed by atoms with Gasteiger partial charge in [-0.2, -0.15) is 5.26 Å². The molecule has 1 heteroatoms. The fourth-order valence-electron chi connectivity index (χ4n) is 7.14. The molecule has 4 aliphatic rings. The van der Waals surface area contributed by atoms with E-state index in [1.54, 1.807) is 0 Å². The van der Waals surface area contributed by atoms with Crippen LogP contribution in [-0.2, 0) is 0 Å². The Morgan fingerprint density at radius 3 is 2.60 bits per heavy atom. The fraction of sp³-hybridized carbons (Fsp3) is 0.947. The van der Waals surface area contributed by atoms with Crippen LogP contribution in [0.25, 0.3) is 0 Å². The predicted octanol–water partition coefficient (Wildman–Crippen LogP) is 5.31. The molecule has 0 heterocycles. The maximum Gasteiger partial charge on any atom is 0.0692 e. The van der Waals surface area contributed by atoms with Crippen molar-refractivity contribution < 1.29 is 0 Å². The molecule has 1 unspecified atom stereocenters. The van der Waals surface area contributed by atoms with E-state index >= 15 is 0 Å². The van der Waals surface area contributed by atoms with E-state index in [9.17, 15) is 5.26 Å². The second kappa shape index (κ2) is 4.49. The molecule has 110 valence electrons. The van der Waals surface area contributed by atoms with Gasteiger partial charge in [0.05, 0.1) is 11.5 Å². The van der Waals surface area contributed by atoms with Gasteiger partial charge in [0.2, 0.25) is 0 Å². The topological polar surface area (TPSA) is 23.8 Å². The number of hydrogen-bond acceptors (Lipinski definition) is 1. The van der Waals surface area contributed by atoms with E-state index < -0.39 is 0 Å². The highest BCUT2D eigenvalue weighted by atomic mass is 14.6. The third-order valence-corrected chi connectivity index (χ3v) is 8.15. The van der Waals surface area contributed by atoms with Crippen LogP contribution in [0.2, 0.25) is 0 Å². The quantitative estimate of drug-likeness (QED) is 0.585. The molecule has 0 aromatic rings. The highest BCUT2D eigenvalue weighted by molar-refractivity contribution is 5.14. The van der Waals surface area contributed by atoms with E-state index in [1.807, 2.05) is 0 Å². The van der Waals surface area contributed by atoms with Crippen molar-refractivity contribution in [3.8, 4) is 6.07 Å². The summed E-state index contributed by atoms with van der Waals surface area (Å²) in [6.45, 7) is 2.63. The molecule has 6 atom stereocenters. The lowest BCUT2D eigenvalue weighted by molar-refractivity contribution is -0.0951. The molecule has 4 rings (SSSR count). The second-order valence-corrected chi connectivity index (χ2v) is 8.60. The summed E-state index contributed by atoms with van der Waals surface area (Å²) in [5.74, 6) is 3.61. The molecule has 20 heavy (non-hydrogen) atoms. The molecule has 0 radical (unpaired) electrons. The molecule has 0 aromatic carbocycles. The van der Waals surface area contributed by atoms with Crippen LogP contribution in [0.5, 0.6) is 0 Å². The largest absolute Gasteiger partial charge is 0.198 e. The Labute approximate surface area is 124 Å². The van der Waals surface area contributed by atoms with E-state index in [0.29, 0.717) is 5.41 Å². The van der Waals surface area contributed by atoms with Crippen LogP contribution in [0.1, 0.15) is 77.6 Å². The van der Waals surface area contributed by atoms with Crippen molar-refractivity contribution in [3.63, 3.8) is 0 Å². The minimum atomic E-state index is 0.0963. The number of nitrogens with zero attached hydrogens (tertiary/aromatic N) is 1. The van der Waals surface area contributed by atoms with Gasteiger partial charge in [-0.15, -0.1) is 0 Å². The number of fused-ring (bicyclic) bond motifs is 5. The van der Waals surface area contributed by atoms with Gasteiger partial charge in [-0.3, -0.25) is 0 Å². The Balaban J connectivity index is 1.66. The van der Waals surface area contributed by atoms with Gasteiger partial charge >= 0.3 is 0 Å². The first-order valence-corrected chi connectivity index (χ1v) is 9.11. The molecule has 0 spiro atoms. The SMILES string of the molecule is C[C@]12CCCCC1CC[C@H]1[C@@H]3CCC[C@]3(C#N)CC[C@@H]12. The summed E-state index contributed by atoms with van der Waals surface area (Å²) in [6, 6.07) is 2.80. The summed E-state index contributed by atoms with van der Waals surface area (Å²) in [4.78, 5) is 0. The van der Waals surface area contributed by atoms with Crippen molar-refractivity contribution in [3.05, 3.63) is 0 Å². The van der Waals surface area contributed by atoms with Crippen LogP contribution in [-0.4, -0.2) is 0 Å². The number of hydrogen-bond donors (Lipinski definition) is 0. The average Bonchev–Trinajstić information content (AvgIpc) is 2.91. The Hall–Kier alpha value is -0.510. The van der Waals surface area contributed by atoms with Crippen LogP contribution < -0.4 is 0 Å². The normalized spacial score (nSPS) is 54.4. The standard InChI is InChI=1S/C19H29N/c1-18-10-3-2-5-14(18)7-8-15-16(18)9-12-19(13-20)11-4-6-17(15)19/h14-17H,2-12H2,1H3/t14?,15-,16+,17+,18+,19-/m1/s1. The van der Waals surface area contributed by atoms with Gasteiger partial charge in [0.15, 0.2) is 0 Å². The molecule has 0 saturated heterocycles. The Morgan fingerprint density at radius 2 is 1.75 bits per heavy atom. The van der Waals surface area contributed by atoms with Gasteiger partial charge in [0.25, 0.3) is 0 Å². The lowest BCUT2D eigenvalue weighted by Gasteiger charge is -2.59. The Kier molecular flexibility index (Phi) is 2.96. The first kappa shape index (κ1) is 13.2. The van der Waals surface area contributed by atoms with E-state index in [0.717, 1.165) is 23.7 Å². The van der Waals surface area contributed by atoms with Crippen molar-refractivity contribution >= 4 is 0 Å². The van der Waals surface area contributed by atoms with E-state index in [1.165, 1.54) is 70.6 Å². The van der Waals surface area contributed by atoms with E-state index in [2.05, 4.69) is 13.0 Å². The first-order chi connectivity index (χ1) is 9.70. The van der Waals surface area contributed by atoms with Crippen molar-refractivity contribution in [2.45, 2.75) is 77.6 Å². The lowest BCUT2D eigenvalue weighted by Crippen LogP contribution is -2.52. The lowest BCUT2D eigenvalue weighted by atomic mass is 9.45. The highest BCUT2D eigenvalue weighted by Gasteiger charge is 2.58. The summed E-state index contributed by atoms with van der Waals surface area (Å²) in [5.41, 5.74) is 0.727. The zero-order chi connectivity index (χ0) is 13.8. The van der Waals surface area contributed by atoms with Crippen LogP contribution in [0.4, 0.5) is 0 Å². The second-order valence-electron chi connectivity index (χ2n) is 8.60. The van der Waals surface area contributed by atoms with E-state index in [-0.39, 0.29) is 5.41 Å². The fourth-order valence-corrected chi connectivity index (χ4v) is 7.14. The van der Waals surface area contributed by atoms with Gasteiger partial charge < -0.3 is 0 Å². The van der Waals surface area contributed by atoms with Gasteiger partial charge in [-0.05, 0) is 80.5 Å². The number of rotatable bonds is 0. The van der Waals surface area contributed by atoms with Crippen molar-refractivity contribution in [2.75, 3.05) is 0 Å². The molecule has 0 N–H and O–H groups in total. The van der Waals surface area contributed by atoms with Gasteiger partial charge in [-0.1, -0.05) is 26.2 Å². The van der Waals surface area contributed by atoms with Crippen LogP contribution in [0.15, 0.2) is 0 Å². The Bertz CT molecular complexity index is 436. The summed E-state index contributed by atoms with van der Waals surface area (Å²) < 4.78 is 0. The van der Waals surface area contributed by atoms with Gasteiger partial charge in [0.1, 0.15) is 0 Å². The molecule has 4 saturated carbocycles. The zero-order valence-corrected chi connectivity index (χ0v) is 13.0. The maximum atomic E-state index is 9.79. The maximum absolute atomic E-state index is 9.79.